The normalized spacial score (nSPS) is 10.5. The summed E-state index contributed by atoms with van der Waals surface area (Å²) in [7, 11) is 1.81. The minimum absolute atomic E-state index is 0.168. The van der Waals surface area contributed by atoms with E-state index in [9.17, 15) is 4.79 Å². The Morgan fingerprint density at radius 1 is 1.26 bits per heavy atom. The summed E-state index contributed by atoms with van der Waals surface area (Å²) in [5.74, 6) is 0.436. The van der Waals surface area contributed by atoms with Crippen LogP contribution >= 0.6 is 0 Å². The van der Waals surface area contributed by atoms with Crippen molar-refractivity contribution >= 4 is 22.8 Å². The largest absolute Gasteiger partial charge is 0.465 e. The molecule has 0 spiro atoms. The van der Waals surface area contributed by atoms with Crippen molar-refractivity contribution < 1.29 is 9.53 Å². The van der Waals surface area contributed by atoms with Gasteiger partial charge in [0, 0.05) is 7.05 Å². The summed E-state index contributed by atoms with van der Waals surface area (Å²) in [5, 5.41) is 0. The Morgan fingerprint density at radius 2 is 1.89 bits per heavy atom. The molecule has 0 fully saturated rings. The minimum atomic E-state index is -0.264. The molecule has 0 aliphatic carbocycles. The van der Waals surface area contributed by atoms with Gasteiger partial charge < -0.3 is 9.64 Å². The number of carbonyl (C=O) groups is 1. The highest BCUT2D eigenvalue weighted by molar-refractivity contribution is 5.79. The van der Waals surface area contributed by atoms with Gasteiger partial charge in [0.1, 0.15) is 6.54 Å². The fourth-order valence-electron chi connectivity index (χ4n) is 1.92. The van der Waals surface area contributed by atoms with Gasteiger partial charge in [0.15, 0.2) is 5.82 Å². The number of nitrogens with zero attached hydrogens (tertiary/aromatic N) is 3. The fraction of sp³-hybridized carbons (Fsp3) is 0.357. The number of benzene rings is 1. The molecule has 0 amide bonds. The molecular formula is C14H17N3O2. The Balaban J connectivity index is 2.28. The van der Waals surface area contributed by atoms with Crippen molar-refractivity contribution in [3.05, 3.63) is 30.0 Å². The van der Waals surface area contributed by atoms with Gasteiger partial charge in [-0.05, 0) is 26.0 Å². The number of esters is 1. The maximum absolute atomic E-state index is 11.5. The molecule has 0 aliphatic rings. The van der Waals surface area contributed by atoms with Crippen LogP contribution < -0.4 is 4.90 Å². The lowest BCUT2D eigenvalue weighted by molar-refractivity contribution is -0.141. The number of anilines is 1. The third kappa shape index (κ3) is 2.99. The summed E-state index contributed by atoms with van der Waals surface area (Å²) < 4.78 is 4.93. The highest BCUT2D eigenvalue weighted by Gasteiger charge is 2.13. The Hall–Kier alpha value is -2.17. The zero-order valence-electron chi connectivity index (χ0n) is 11.4. The number of aryl methyl sites for hydroxylation is 1. The first-order valence-corrected chi connectivity index (χ1v) is 6.22. The molecule has 0 saturated carbocycles. The maximum Gasteiger partial charge on any atom is 0.325 e. The molecule has 0 N–H and O–H groups in total. The van der Waals surface area contributed by atoms with Crippen molar-refractivity contribution in [1.29, 1.82) is 0 Å². The number of rotatable bonds is 4. The molecule has 0 saturated heterocycles. The van der Waals surface area contributed by atoms with E-state index in [-0.39, 0.29) is 12.5 Å². The second kappa shape index (κ2) is 5.65. The lowest BCUT2D eigenvalue weighted by atomic mass is 10.3. The highest BCUT2D eigenvalue weighted by atomic mass is 16.5. The molecule has 0 unspecified atom stereocenters. The predicted molar refractivity (Wildman–Crippen MR) is 74.2 cm³/mol. The molecule has 2 aromatic rings. The van der Waals surface area contributed by atoms with E-state index in [0.717, 1.165) is 16.7 Å². The van der Waals surface area contributed by atoms with Crippen molar-refractivity contribution in [2.45, 2.75) is 13.8 Å². The molecule has 1 aromatic heterocycles. The van der Waals surface area contributed by atoms with Crippen LogP contribution in [0.25, 0.3) is 11.0 Å². The molecule has 0 atom stereocenters. The molecule has 1 aromatic carbocycles. The van der Waals surface area contributed by atoms with Crippen LogP contribution in [-0.2, 0) is 9.53 Å². The molecule has 2 rings (SSSR count). The van der Waals surface area contributed by atoms with Gasteiger partial charge in [-0.2, -0.15) is 0 Å². The molecular weight excluding hydrogens is 242 g/mol. The number of ether oxygens (including phenoxy) is 1. The number of hydrogen-bond acceptors (Lipinski definition) is 5. The van der Waals surface area contributed by atoms with Crippen LogP contribution in [0.5, 0.6) is 0 Å². The molecule has 1 heterocycles. The van der Waals surface area contributed by atoms with Gasteiger partial charge in [-0.25, -0.2) is 9.97 Å². The molecule has 0 aliphatic heterocycles. The predicted octanol–water partition coefficient (Wildman–Crippen LogP) is 1.94. The average Bonchev–Trinajstić information content (AvgIpc) is 2.38. The Morgan fingerprint density at radius 3 is 2.53 bits per heavy atom. The van der Waals surface area contributed by atoms with Crippen LogP contribution in [0.15, 0.2) is 24.3 Å². The van der Waals surface area contributed by atoms with Gasteiger partial charge in [0.05, 0.1) is 23.3 Å². The Labute approximate surface area is 112 Å². The number of hydrogen-bond donors (Lipinski definition) is 0. The van der Waals surface area contributed by atoms with Crippen LogP contribution in [0.2, 0.25) is 0 Å². The van der Waals surface area contributed by atoms with Crippen molar-refractivity contribution in [3.63, 3.8) is 0 Å². The standard InChI is InChI=1S/C14H17N3O2/c1-4-19-13(18)9-17(3)14-10(2)15-11-7-5-6-8-12(11)16-14/h5-8H,4,9H2,1-3H3. The lowest BCUT2D eigenvalue weighted by Crippen LogP contribution is -2.28. The fourth-order valence-corrected chi connectivity index (χ4v) is 1.92. The number of fused-ring (bicyclic) bond motifs is 1. The summed E-state index contributed by atoms with van der Waals surface area (Å²) in [6, 6.07) is 7.67. The average molecular weight is 259 g/mol. The van der Waals surface area contributed by atoms with Crippen LogP contribution in [0, 0.1) is 6.92 Å². The third-order valence-corrected chi connectivity index (χ3v) is 2.75. The first kappa shape index (κ1) is 13.3. The summed E-state index contributed by atoms with van der Waals surface area (Å²) in [5.41, 5.74) is 2.47. The second-order valence-electron chi connectivity index (χ2n) is 4.28. The van der Waals surface area contributed by atoms with Gasteiger partial charge >= 0.3 is 5.97 Å². The number of likely N-dealkylation sites (N-methyl/N-ethyl adjacent to an activating group) is 1. The van der Waals surface area contributed by atoms with Crippen LogP contribution in [-0.4, -0.2) is 36.1 Å². The van der Waals surface area contributed by atoms with Crippen molar-refractivity contribution in [3.8, 4) is 0 Å². The van der Waals surface area contributed by atoms with Crippen LogP contribution in [0.3, 0.4) is 0 Å². The van der Waals surface area contributed by atoms with E-state index in [1.807, 2.05) is 38.2 Å². The zero-order chi connectivity index (χ0) is 13.8. The third-order valence-electron chi connectivity index (χ3n) is 2.75. The summed E-state index contributed by atoms with van der Waals surface area (Å²) in [6.45, 7) is 4.23. The minimum Gasteiger partial charge on any atom is -0.465 e. The van der Waals surface area contributed by atoms with Gasteiger partial charge in [-0.3, -0.25) is 4.79 Å². The molecule has 5 heteroatoms. The van der Waals surface area contributed by atoms with Gasteiger partial charge in [-0.15, -0.1) is 0 Å². The lowest BCUT2D eigenvalue weighted by Gasteiger charge is -2.18. The van der Waals surface area contributed by atoms with Crippen LogP contribution in [0.4, 0.5) is 5.82 Å². The van der Waals surface area contributed by atoms with E-state index in [2.05, 4.69) is 9.97 Å². The first-order valence-electron chi connectivity index (χ1n) is 6.22. The van der Waals surface area contributed by atoms with E-state index < -0.39 is 0 Å². The van der Waals surface area contributed by atoms with Crippen molar-refractivity contribution in [1.82, 2.24) is 9.97 Å². The molecule has 0 bridgehead atoms. The maximum atomic E-state index is 11.5. The number of carbonyl (C=O) groups excluding carboxylic acids is 1. The van der Waals surface area contributed by atoms with Crippen molar-refractivity contribution in [2.24, 2.45) is 0 Å². The summed E-state index contributed by atoms with van der Waals surface area (Å²) >= 11 is 0. The molecule has 19 heavy (non-hydrogen) atoms. The van der Waals surface area contributed by atoms with E-state index in [0.29, 0.717) is 12.4 Å². The molecule has 5 nitrogen and oxygen atoms in total. The molecule has 100 valence electrons. The Bertz CT molecular complexity index is 598. The van der Waals surface area contributed by atoms with Gasteiger partial charge in [-0.1, -0.05) is 12.1 Å². The van der Waals surface area contributed by atoms with E-state index >= 15 is 0 Å². The van der Waals surface area contributed by atoms with Gasteiger partial charge in [0.25, 0.3) is 0 Å². The van der Waals surface area contributed by atoms with Gasteiger partial charge in [0.2, 0.25) is 0 Å². The monoisotopic (exact) mass is 259 g/mol. The zero-order valence-corrected chi connectivity index (χ0v) is 11.4. The first-order chi connectivity index (χ1) is 9.11. The SMILES string of the molecule is CCOC(=O)CN(C)c1nc2ccccc2nc1C. The quantitative estimate of drug-likeness (QED) is 0.785. The highest BCUT2D eigenvalue weighted by Crippen LogP contribution is 2.18. The van der Waals surface area contributed by atoms with E-state index in [1.54, 1.807) is 11.8 Å². The second-order valence-corrected chi connectivity index (χ2v) is 4.28. The summed E-state index contributed by atoms with van der Waals surface area (Å²) in [4.78, 5) is 22.3. The number of aromatic nitrogens is 2. The van der Waals surface area contributed by atoms with E-state index in [1.165, 1.54) is 0 Å². The number of para-hydroxylation sites is 2. The molecule has 0 radical (unpaired) electrons. The van der Waals surface area contributed by atoms with Crippen LogP contribution in [0.1, 0.15) is 12.6 Å². The summed E-state index contributed by atoms with van der Waals surface area (Å²) in [6.07, 6.45) is 0. The Kier molecular flexibility index (Phi) is 3.94. The topological polar surface area (TPSA) is 55.3 Å². The van der Waals surface area contributed by atoms with Crippen molar-refractivity contribution in [2.75, 3.05) is 25.1 Å². The van der Waals surface area contributed by atoms with E-state index in [4.69, 9.17) is 4.74 Å². The smallest absolute Gasteiger partial charge is 0.325 e.